The number of benzene rings is 2. The lowest BCUT2D eigenvalue weighted by Gasteiger charge is -2.06. The summed E-state index contributed by atoms with van der Waals surface area (Å²) in [6, 6.07) is 20.7. The molecule has 0 saturated carbocycles. The number of nitrogens with zero attached hydrogens (tertiary/aromatic N) is 3. The van der Waals surface area contributed by atoms with Crippen LogP contribution in [0.1, 0.15) is 23.0 Å². The predicted molar refractivity (Wildman–Crippen MR) is 129 cm³/mol. The maximum atomic E-state index is 12.3. The van der Waals surface area contributed by atoms with Crippen LogP contribution in [-0.4, -0.2) is 32.6 Å². The van der Waals surface area contributed by atoms with Gasteiger partial charge in [-0.1, -0.05) is 54.2 Å². The molecule has 0 fully saturated rings. The Morgan fingerprint density at radius 3 is 2.53 bits per heavy atom. The van der Waals surface area contributed by atoms with Crippen molar-refractivity contribution in [1.82, 2.24) is 15.2 Å². The fraction of sp³-hybridized carbons (Fsp3) is 0.125. The number of hydrogen-bond acceptors (Lipinski definition) is 7. The van der Waals surface area contributed by atoms with Crippen LogP contribution in [0.15, 0.2) is 71.8 Å². The third-order valence-corrected chi connectivity index (χ3v) is 6.74. The third-order valence-electron chi connectivity index (χ3n) is 4.59. The summed E-state index contributed by atoms with van der Waals surface area (Å²) in [5.41, 5.74) is 3.91. The zero-order valence-corrected chi connectivity index (χ0v) is 19.2. The maximum Gasteiger partial charge on any atom is 0.234 e. The second-order valence-electron chi connectivity index (χ2n) is 7.03. The molecule has 32 heavy (non-hydrogen) atoms. The van der Waals surface area contributed by atoms with Gasteiger partial charge in [0.25, 0.3) is 0 Å². The molecule has 0 aliphatic rings. The van der Waals surface area contributed by atoms with Gasteiger partial charge in [0, 0.05) is 16.8 Å². The molecule has 6 nitrogen and oxygen atoms in total. The molecular formula is C24H20N4O2S2. The highest BCUT2D eigenvalue weighted by Crippen LogP contribution is 2.34. The number of Topliss-reactive ketones (excluding diaryl/α,β-unsaturated/α-hetero) is 1. The number of nitrogens with one attached hydrogen (secondary N) is 1. The van der Waals surface area contributed by atoms with Crippen molar-refractivity contribution in [3.05, 3.63) is 78.0 Å². The van der Waals surface area contributed by atoms with E-state index in [9.17, 15) is 9.59 Å². The Kier molecular flexibility index (Phi) is 6.72. The van der Waals surface area contributed by atoms with Crippen molar-refractivity contribution in [3.63, 3.8) is 0 Å². The van der Waals surface area contributed by atoms with Gasteiger partial charge in [-0.3, -0.25) is 9.59 Å². The summed E-state index contributed by atoms with van der Waals surface area (Å²) in [7, 11) is 0. The molecule has 0 bridgehead atoms. The number of rotatable bonds is 7. The molecule has 8 heteroatoms. The van der Waals surface area contributed by atoms with Gasteiger partial charge in [-0.2, -0.15) is 0 Å². The minimum Gasteiger partial charge on any atom is -0.325 e. The number of carbonyl (C=O) groups is 2. The fourth-order valence-electron chi connectivity index (χ4n) is 3.01. The Balaban J connectivity index is 1.38. The van der Waals surface area contributed by atoms with E-state index in [0.717, 1.165) is 26.8 Å². The minimum atomic E-state index is -0.174. The third kappa shape index (κ3) is 5.27. The zero-order chi connectivity index (χ0) is 22.5. The van der Waals surface area contributed by atoms with Crippen molar-refractivity contribution in [1.29, 1.82) is 0 Å². The van der Waals surface area contributed by atoms with Gasteiger partial charge in [0.1, 0.15) is 15.7 Å². The van der Waals surface area contributed by atoms with Gasteiger partial charge >= 0.3 is 0 Å². The molecule has 0 saturated heterocycles. The first-order chi connectivity index (χ1) is 15.5. The molecule has 2 aromatic heterocycles. The van der Waals surface area contributed by atoms with Crippen molar-refractivity contribution in [2.75, 3.05) is 11.1 Å². The van der Waals surface area contributed by atoms with Crippen molar-refractivity contribution >= 4 is 40.5 Å². The Morgan fingerprint density at radius 1 is 1.00 bits per heavy atom. The molecule has 2 aromatic carbocycles. The van der Waals surface area contributed by atoms with Gasteiger partial charge in [-0.25, -0.2) is 4.98 Å². The van der Waals surface area contributed by atoms with E-state index in [1.54, 1.807) is 35.6 Å². The van der Waals surface area contributed by atoms with Crippen LogP contribution in [0.4, 0.5) is 5.69 Å². The Bertz CT molecular complexity index is 1250. The predicted octanol–water partition coefficient (Wildman–Crippen LogP) is 5.51. The maximum absolute atomic E-state index is 12.3. The standard InChI is InChI=1S/C24H20N4O2S2/c1-15-23(32-24(25-15)17-7-4-3-5-8-17)20-11-12-22(28-27-20)31-14-21(30)26-19-10-6-9-18(13-19)16(2)29/h3-13H,14H2,1-2H3,(H,26,30). The number of thioether (sulfide) groups is 1. The minimum absolute atomic E-state index is 0.0436. The second-order valence-corrected chi connectivity index (χ2v) is 9.02. The number of aryl methyl sites for hydroxylation is 1. The summed E-state index contributed by atoms with van der Waals surface area (Å²) >= 11 is 2.89. The topological polar surface area (TPSA) is 84.8 Å². The number of ketones is 1. The molecule has 0 aliphatic carbocycles. The first-order valence-corrected chi connectivity index (χ1v) is 11.7. The van der Waals surface area contributed by atoms with E-state index in [1.165, 1.54) is 18.7 Å². The zero-order valence-electron chi connectivity index (χ0n) is 17.5. The van der Waals surface area contributed by atoms with Crippen molar-refractivity contribution in [3.8, 4) is 21.1 Å². The van der Waals surface area contributed by atoms with Gasteiger partial charge in [-0.05, 0) is 38.1 Å². The SMILES string of the molecule is CC(=O)c1cccc(NC(=O)CSc2ccc(-c3sc(-c4ccccc4)nc3C)nn2)c1. The van der Waals surface area contributed by atoms with Gasteiger partial charge in [0.05, 0.1) is 16.3 Å². The molecule has 4 aromatic rings. The Hall–Kier alpha value is -3.36. The smallest absolute Gasteiger partial charge is 0.234 e. The fourth-order valence-corrected chi connectivity index (χ4v) is 4.66. The molecular weight excluding hydrogens is 440 g/mol. The Labute approximate surface area is 194 Å². The van der Waals surface area contributed by atoms with Crippen molar-refractivity contribution < 1.29 is 9.59 Å². The van der Waals surface area contributed by atoms with Crippen LogP contribution in [0.5, 0.6) is 0 Å². The average molecular weight is 461 g/mol. The molecule has 0 atom stereocenters. The van der Waals surface area contributed by atoms with Gasteiger partial charge < -0.3 is 5.32 Å². The molecule has 160 valence electrons. The lowest BCUT2D eigenvalue weighted by molar-refractivity contribution is -0.113. The van der Waals surface area contributed by atoms with Crippen LogP contribution in [0.3, 0.4) is 0 Å². The Morgan fingerprint density at radius 2 is 1.81 bits per heavy atom. The van der Waals surface area contributed by atoms with E-state index < -0.39 is 0 Å². The lowest BCUT2D eigenvalue weighted by Crippen LogP contribution is -2.14. The largest absolute Gasteiger partial charge is 0.325 e. The number of hydrogen-bond donors (Lipinski definition) is 1. The van der Waals surface area contributed by atoms with Crippen LogP contribution in [-0.2, 0) is 4.79 Å². The average Bonchev–Trinajstić information content (AvgIpc) is 3.20. The van der Waals surface area contributed by atoms with Crippen LogP contribution in [0, 0.1) is 6.92 Å². The highest BCUT2D eigenvalue weighted by Gasteiger charge is 2.13. The van der Waals surface area contributed by atoms with Crippen LogP contribution < -0.4 is 5.32 Å². The normalized spacial score (nSPS) is 10.7. The quantitative estimate of drug-likeness (QED) is 0.289. The van der Waals surface area contributed by atoms with E-state index in [0.29, 0.717) is 16.3 Å². The van der Waals surface area contributed by atoms with E-state index in [2.05, 4.69) is 20.5 Å². The monoisotopic (exact) mass is 460 g/mol. The lowest BCUT2D eigenvalue weighted by atomic mass is 10.1. The number of carbonyl (C=O) groups excluding carboxylic acids is 2. The summed E-state index contributed by atoms with van der Waals surface area (Å²) in [6.07, 6.45) is 0. The van der Waals surface area contributed by atoms with E-state index in [1.807, 2.05) is 49.4 Å². The van der Waals surface area contributed by atoms with Gasteiger partial charge in [0.2, 0.25) is 5.91 Å². The first-order valence-electron chi connectivity index (χ1n) is 9.90. The number of thiazole rings is 1. The van der Waals surface area contributed by atoms with E-state index in [4.69, 9.17) is 0 Å². The summed E-state index contributed by atoms with van der Waals surface area (Å²) in [4.78, 5) is 29.4. The number of amides is 1. The molecule has 1 amide bonds. The van der Waals surface area contributed by atoms with Gasteiger partial charge in [0.15, 0.2) is 5.78 Å². The van der Waals surface area contributed by atoms with Crippen molar-refractivity contribution in [2.45, 2.75) is 18.9 Å². The molecule has 2 heterocycles. The van der Waals surface area contributed by atoms with Crippen LogP contribution >= 0.6 is 23.1 Å². The summed E-state index contributed by atoms with van der Waals surface area (Å²) in [5.74, 6) is -0.0268. The summed E-state index contributed by atoms with van der Waals surface area (Å²) < 4.78 is 0. The molecule has 0 spiro atoms. The van der Waals surface area contributed by atoms with E-state index >= 15 is 0 Å². The van der Waals surface area contributed by atoms with Crippen molar-refractivity contribution in [2.24, 2.45) is 0 Å². The summed E-state index contributed by atoms with van der Waals surface area (Å²) in [5, 5.41) is 13.0. The van der Waals surface area contributed by atoms with Gasteiger partial charge in [-0.15, -0.1) is 21.5 Å². The van der Waals surface area contributed by atoms with E-state index in [-0.39, 0.29) is 17.4 Å². The van der Waals surface area contributed by atoms with Crippen LogP contribution in [0.2, 0.25) is 0 Å². The molecule has 0 unspecified atom stereocenters. The molecule has 0 radical (unpaired) electrons. The highest BCUT2D eigenvalue weighted by molar-refractivity contribution is 7.99. The highest BCUT2D eigenvalue weighted by atomic mass is 32.2. The number of aromatic nitrogens is 3. The molecule has 1 N–H and O–H groups in total. The van der Waals surface area contributed by atoms with Crippen LogP contribution in [0.25, 0.3) is 21.1 Å². The summed E-state index contributed by atoms with van der Waals surface area (Å²) in [6.45, 7) is 3.46. The molecule has 0 aliphatic heterocycles. The number of anilines is 1. The second kappa shape index (κ2) is 9.84. The first kappa shape index (κ1) is 21.9. The molecule has 4 rings (SSSR count).